The van der Waals surface area contributed by atoms with E-state index in [0.717, 1.165) is 25.0 Å². The summed E-state index contributed by atoms with van der Waals surface area (Å²) in [5.41, 5.74) is -1.76. The highest BCUT2D eigenvalue weighted by molar-refractivity contribution is 6.31. The fraction of sp³-hybridized carbons (Fsp3) is 0.636. The lowest BCUT2D eigenvalue weighted by molar-refractivity contribution is -0.172. The summed E-state index contributed by atoms with van der Waals surface area (Å²) in [6.07, 6.45) is -2.76. The lowest BCUT2D eigenvalue weighted by Crippen LogP contribution is -2.65. The van der Waals surface area contributed by atoms with Gasteiger partial charge in [-0.2, -0.15) is 13.2 Å². The predicted octanol–water partition coefficient (Wildman–Crippen LogP) is 4.16. The maximum absolute atomic E-state index is 13.3. The molecular formula is C22H28ClF4N3O2. The second-order valence-corrected chi connectivity index (χ2v) is 9.35. The Morgan fingerprint density at radius 2 is 1.78 bits per heavy atom. The minimum atomic E-state index is -4.40. The van der Waals surface area contributed by atoms with Crippen molar-refractivity contribution in [1.82, 2.24) is 15.5 Å². The molecule has 0 unspecified atom stereocenters. The summed E-state index contributed by atoms with van der Waals surface area (Å²) >= 11 is 5.76. The Bertz CT molecular complexity index is 839. The number of nitrogens with zero attached hydrogens (tertiary/aromatic N) is 1. The molecule has 2 aliphatic carbocycles. The highest BCUT2D eigenvalue weighted by Gasteiger charge is 2.64. The Balaban J connectivity index is 0.00000141. The Morgan fingerprint density at radius 1 is 1.16 bits per heavy atom. The van der Waals surface area contributed by atoms with Crippen LogP contribution in [0.2, 0.25) is 5.02 Å². The van der Waals surface area contributed by atoms with Crippen LogP contribution in [-0.4, -0.2) is 54.6 Å². The number of nitrogens with one attached hydrogen (secondary N) is 2. The van der Waals surface area contributed by atoms with Gasteiger partial charge < -0.3 is 10.6 Å². The molecule has 3 fully saturated rings. The van der Waals surface area contributed by atoms with E-state index in [1.54, 1.807) is 0 Å². The molecule has 1 saturated heterocycles. The van der Waals surface area contributed by atoms with Crippen molar-refractivity contribution in [3.63, 3.8) is 0 Å². The molecule has 0 bridgehead atoms. The van der Waals surface area contributed by atoms with Crippen LogP contribution in [0.4, 0.5) is 17.6 Å². The summed E-state index contributed by atoms with van der Waals surface area (Å²) in [5.74, 6) is -1.26. The summed E-state index contributed by atoms with van der Waals surface area (Å²) in [6, 6.07) is 3.66. The van der Waals surface area contributed by atoms with Crippen LogP contribution in [-0.2, 0) is 4.79 Å². The van der Waals surface area contributed by atoms with E-state index in [2.05, 4.69) is 10.6 Å². The molecule has 1 heterocycles. The van der Waals surface area contributed by atoms with Crippen molar-refractivity contribution >= 4 is 23.4 Å². The Kier molecular flexibility index (Phi) is 7.10. The van der Waals surface area contributed by atoms with Gasteiger partial charge in [-0.3, -0.25) is 14.5 Å². The molecule has 1 aromatic carbocycles. The minimum absolute atomic E-state index is 0.0265. The number of carbonyl (C=O) groups is 2. The lowest BCUT2D eigenvalue weighted by atomic mass is 9.57. The van der Waals surface area contributed by atoms with E-state index in [-0.39, 0.29) is 47.2 Å². The van der Waals surface area contributed by atoms with Crippen LogP contribution in [0.25, 0.3) is 0 Å². The summed E-state index contributed by atoms with van der Waals surface area (Å²) < 4.78 is 52.1. The molecule has 32 heavy (non-hydrogen) atoms. The molecule has 2 saturated carbocycles. The minimum Gasteiger partial charge on any atom is -0.352 e. The van der Waals surface area contributed by atoms with Crippen LogP contribution in [0.15, 0.2) is 18.2 Å². The SMILES string of the molecule is CC.O=C(CN1CC2(CC(CNC(=O)c3cc(F)cc(Cl)c3)C2)C1)NC1(C(F)(F)F)CC1. The zero-order valence-electron chi connectivity index (χ0n) is 18.1. The van der Waals surface area contributed by atoms with Gasteiger partial charge in [0.1, 0.15) is 11.4 Å². The number of likely N-dealkylation sites (tertiary alicyclic amines) is 1. The van der Waals surface area contributed by atoms with E-state index in [1.807, 2.05) is 18.7 Å². The zero-order chi connectivity index (χ0) is 23.7. The van der Waals surface area contributed by atoms with Crippen molar-refractivity contribution < 1.29 is 27.2 Å². The first-order valence-electron chi connectivity index (χ1n) is 10.8. The topological polar surface area (TPSA) is 61.4 Å². The second-order valence-electron chi connectivity index (χ2n) is 8.92. The van der Waals surface area contributed by atoms with Gasteiger partial charge >= 0.3 is 6.18 Å². The highest BCUT2D eigenvalue weighted by Crippen LogP contribution is 2.52. The smallest absolute Gasteiger partial charge is 0.352 e. The number of amides is 2. The molecule has 5 nitrogen and oxygen atoms in total. The van der Waals surface area contributed by atoms with Crippen molar-refractivity contribution in [3.05, 3.63) is 34.6 Å². The van der Waals surface area contributed by atoms with Gasteiger partial charge in [0.25, 0.3) is 5.91 Å². The van der Waals surface area contributed by atoms with E-state index in [0.29, 0.717) is 19.6 Å². The van der Waals surface area contributed by atoms with Gasteiger partial charge in [-0.1, -0.05) is 25.4 Å². The Hall–Kier alpha value is -1.87. The molecule has 178 valence electrons. The van der Waals surface area contributed by atoms with Crippen LogP contribution >= 0.6 is 11.6 Å². The molecule has 2 N–H and O–H groups in total. The number of hydrogen-bond donors (Lipinski definition) is 2. The van der Waals surface area contributed by atoms with Crippen LogP contribution < -0.4 is 10.6 Å². The first-order valence-corrected chi connectivity index (χ1v) is 11.2. The van der Waals surface area contributed by atoms with E-state index in [1.165, 1.54) is 6.07 Å². The quantitative estimate of drug-likeness (QED) is 0.605. The van der Waals surface area contributed by atoms with Crippen LogP contribution in [0.3, 0.4) is 0 Å². The highest BCUT2D eigenvalue weighted by atomic mass is 35.5. The third-order valence-corrected chi connectivity index (χ3v) is 6.49. The Morgan fingerprint density at radius 3 is 2.31 bits per heavy atom. The molecule has 0 aromatic heterocycles. The van der Waals surface area contributed by atoms with Gasteiger partial charge in [0, 0.05) is 30.2 Å². The normalized spacial score (nSPS) is 21.0. The maximum Gasteiger partial charge on any atom is 0.411 e. The molecule has 10 heteroatoms. The number of alkyl halides is 3. The zero-order valence-corrected chi connectivity index (χ0v) is 18.9. The maximum atomic E-state index is 13.3. The molecule has 3 aliphatic rings. The largest absolute Gasteiger partial charge is 0.411 e. The average Bonchev–Trinajstić information content (AvgIpc) is 3.43. The van der Waals surface area contributed by atoms with Gasteiger partial charge in [-0.25, -0.2) is 4.39 Å². The predicted molar refractivity (Wildman–Crippen MR) is 113 cm³/mol. The number of hydrogen-bond acceptors (Lipinski definition) is 3. The van der Waals surface area contributed by atoms with E-state index < -0.39 is 23.4 Å². The van der Waals surface area contributed by atoms with E-state index >= 15 is 0 Å². The van der Waals surface area contributed by atoms with Crippen molar-refractivity contribution in [2.45, 2.75) is 51.2 Å². The standard InChI is InChI=1S/C20H22ClF4N3O2.C2H6/c21-14-3-13(4-15(22)5-14)17(30)26-8-12-6-18(7-12)10-28(11-18)9-16(29)27-19(1-2-19)20(23,24)25;1-2/h3-5,12H,1-2,6-11H2,(H,26,30)(H,27,29);1-2H3. The van der Waals surface area contributed by atoms with Crippen molar-refractivity contribution in [1.29, 1.82) is 0 Å². The molecule has 2 amide bonds. The van der Waals surface area contributed by atoms with Crippen LogP contribution in [0, 0.1) is 17.2 Å². The average molecular weight is 478 g/mol. The summed E-state index contributed by atoms with van der Waals surface area (Å²) in [7, 11) is 0. The number of benzene rings is 1. The number of rotatable bonds is 6. The van der Waals surface area contributed by atoms with Gasteiger partial charge in [-0.05, 0) is 55.2 Å². The second kappa shape index (κ2) is 9.17. The van der Waals surface area contributed by atoms with Crippen LogP contribution in [0.5, 0.6) is 0 Å². The molecular weight excluding hydrogens is 450 g/mol. The first kappa shape index (κ1) is 24.8. The van der Waals surface area contributed by atoms with Crippen molar-refractivity contribution in [2.75, 3.05) is 26.2 Å². The third-order valence-electron chi connectivity index (χ3n) is 6.28. The molecule has 4 rings (SSSR count). The number of carbonyl (C=O) groups excluding carboxylic acids is 2. The first-order chi connectivity index (χ1) is 15.0. The molecule has 1 spiro atoms. The summed E-state index contributed by atoms with van der Waals surface area (Å²) in [4.78, 5) is 25.9. The third kappa shape index (κ3) is 5.36. The van der Waals surface area contributed by atoms with Gasteiger partial charge in [0.15, 0.2) is 0 Å². The van der Waals surface area contributed by atoms with Gasteiger partial charge in [-0.15, -0.1) is 0 Å². The molecule has 0 atom stereocenters. The van der Waals surface area contributed by atoms with E-state index in [9.17, 15) is 27.2 Å². The fourth-order valence-electron chi connectivity index (χ4n) is 4.72. The van der Waals surface area contributed by atoms with Crippen molar-refractivity contribution in [2.24, 2.45) is 11.3 Å². The Labute approximate surface area is 189 Å². The van der Waals surface area contributed by atoms with Crippen LogP contribution in [0.1, 0.15) is 49.9 Å². The number of halogens is 5. The summed E-state index contributed by atoms with van der Waals surface area (Å²) in [5, 5.41) is 5.09. The van der Waals surface area contributed by atoms with Crippen molar-refractivity contribution in [3.8, 4) is 0 Å². The van der Waals surface area contributed by atoms with E-state index in [4.69, 9.17) is 11.6 Å². The fourth-order valence-corrected chi connectivity index (χ4v) is 4.94. The molecule has 1 aliphatic heterocycles. The van der Waals surface area contributed by atoms with Gasteiger partial charge in [0.2, 0.25) is 5.91 Å². The molecule has 1 aromatic rings. The monoisotopic (exact) mass is 477 g/mol. The summed E-state index contributed by atoms with van der Waals surface area (Å²) in [6.45, 7) is 5.78. The van der Waals surface area contributed by atoms with Gasteiger partial charge in [0.05, 0.1) is 6.54 Å². The lowest BCUT2D eigenvalue weighted by Gasteiger charge is -2.59. The molecule has 0 radical (unpaired) electrons.